The van der Waals surface area contributed by atoms with Crippen LogP contribution in [0.2, 0.25) is 0 Å². The highest BCUT2D eigenvalue weighted by Gasteiger charge is 2.06. The quantitative estimate of drug-likeness (QED) is 0.866. The number of aromatic nitrogens is 2. The summed E-state index contributed by atoms with van der Waals surface area (Å²) in [4.78, 5) is 0. The van der Waals surface area contributed by atoms with Gasteiger partial charge >= 0.3 is 0 Å². The first-order valence-electron chi connectivity index (χ1n) is 6.44. The summed E-state index contributed by atoms with van der Waals surface area (Å²) < 4.78 is 10.9. The molecule has 1 atom stereocenters. The van der Waals surface area contributed by atoms with E-state index in [0.29, 0.717) is 24.4 Å². The molecule has 0 radical (unpaired) electrons. The van der Waals surface area contributed by atoms with Crippen LogP contribution in [0.25, 0.3) is 0 Å². The van der Waals surface area contributed by atoms with Crippen LogP contribution in [-0.4, -0.2) is 16.7 Å². The van der Waals surface area contributed by atoms with Gasteiger partial charge in [0, 0.05) is 13.0 Å². The number of ether oxygens (including phenoxy) is 1. The number of nitrogens with zero attached hydrogens (tertiary/aromatic N) is 2. The van der Waals surface area contributed by atoms with E-state index in [0.717, 1.165) is 12.3 Å². The fourth-order valence-corrected chi connectivity index (χ4v) is 1.84. The standard InChI is InChI=1S/C14H19N3O2/c1-4-15-10(2)12-6-5-7-13(8-12)18-9-14-17-16-11(3)19-14/h5-8,10,15H,4,9H2,1-3H3. The van der Waals surface area contributed by atoms with Crippen LogP contribution in [0.5, 0.6) is 5.75 Å². The van der Waals surface area contributed by atoms with Gasteiger partial charge in [-0.3, -0.25) is 0 Å². The van der Waals surface area contributed by atoms with E-state index in [9.17, 15) is 0 Å². The fraction of sp³-hybridized carbons (Fsp3) is 0.429. The van der Waals surface area contributed by atoms with E-state index >= 15 is 0 Å². The van der Waals surface area contributed by atoms with E-state index in [2.05, 4.69) is 35.4 Å². The lowest BCUT2D eigenvalue weighted by molar-refractivity contribution is 0.260. The topological polar surface area (TPSA) is 60.2 Å². The van der Waals surface area contributed by atoms with Crippen molar-refractivity contribution in [1.82, 2.24) is 15.5 Å². The Labute approximate surface area is 113 Å². The van der Waals surface area contributed by atoms with Crippen molar-refractivity contribution in [3.05, 3.63) is 41.6 Å². The number of aryl methyl sites for hydroxylation is 1. The van der Waals surface area contributed by atoms with E-state index in [-0.39, 0.29) is 0 Å². The normalized spacial score (nSPS) is 12.4. The predicted octanol–water partition coefficient (Wildman–Crippen LogP) is 2.63. The van der Waals surface area contributed by atoms with Crippen molar-refractivity contribution < 1.29 is 9.15 Å². The minimum Gasteiger partial charge on any atom is -0.484 e. The fourth-order valence-electron chi connectivity index (χ4n) is 1.84. The number of benzene rings is 1. The summed E-state index contributed by atoms with van der Waals surface area (Å²) in [5.74, 6) is 1.84. The van der Waals surface area contributed by atoms with Crippen molar-refractivity contribution in [3.63, 3.8) is 0 Å². The van der Waals surface area contributed by atoms with Gasteiger partial charge in [0.15, 0.2) is 6.61 Å². The van der Waals surface area contributed by atoms with Crippen molar-refractivity contribution >= 4 is 0 Å². The van der Waals surface area contributed by atoms with Gasteiger partial charge in [0.2, 0.25) is 5.89 Å². The van der Waals surface area contributed by atoms with Crippen LogP contribution in [0.3, 0.4) is 0 Å². The van der Waals surface area contributed by atoms with Crippen molar-refractivity contribution in [2.45, 2.75) is 33.4 Å². The van der Waals surface area contributed by atoms with Crippen molar-refractivity contribution in [2.24, 2.45) is 0 Å². The van der Waals surface area contributed by atoms with Gasteiger partial charge in [0.05, 0.1) is 0 Å². The first kappa shape index (κ1) is 13.5. The lowest BCUT2D eigenvalue weighted by Gasteiger charge is -2.13. The molecule has 0 aliphatic heterocycles. The number of rotatable bonds is 6. The third-order valence-corrected chi connectivity index (χ3v) is 2.80. The average Bonchev–Trinajstić information content (AvgIpc) is 2.83. The smallest absolute Gasteiger partial charge is 0.253 e. The maximum Gasteiger partial charge on any atom is 0.253 e. The van der Waals surface area contributed by atoms with Crippen molar-refractivity contribution in [3.8, 4) is 5.75 Å². The predicted molar refractivity (Wildman–Crippen MR) is 71.9 cm³/mol. The Morgan fingerprint density at radius 2 is 2.21 bits per heavy atom. The molecule has 1 unspecified atom stereocenters. The van der Waals surface area contributed by atoms with Crippen molar-refractivity contribution in [2.75, 3.05) is 6.54 Å². The molecule has 0 bridgehead atoms. The SMILES string of the molecule is CCNC(C)c1cccc(OCc2nnc(C)o2)c1. The van der Waals surface area contributed by atoms with Crippen LogP contribution >= 0.6 is 0 Å². The Balaban J connectivity index is 1.98. The molecule has 1 heterocycles. The molecule has 2 rings (SSSR count). The highest BCUT2D eigenvalue weighted by atomic mass is 16.5. The van der Waals surface area contributed by atoms with Gasteiger partial charge in [-0.15, -0.1) is 10.2 Å². The first-order valence-corrected chi connectivity index (χ1v) is 6.44. The first-order chi connectivity index (χ1) is 9.19. The van der Waals surface area contributed by atoms with E-state index < -0.39 is 0 Å². The Morgan fingerprint density at radius 1 is 1.37 bits per heavy atom. The third kappa shape index (κ3) is 3.79. The molecular weight excluding hydrogens is 242 g/mol. The number of nitrogens with one attached hydrogen (secondary N) is 1. The van der Waals surface area contributed by atoms with Gasteiger partial charge in [-0.1, -0.05) is 19.1 Å². The molecule has 1 aromatic carbocycles. The number of hydrogen-bond acceptors (Lipinski definition) is 5. The van der Waals surface area contributed by atoms with Gasteiger partial charge in [0.1, 0.15) is 5.75 Å². The molecule has 102 valence electrons. The summed E-state index contributed by atoms with van der Waals surface area (Å²) in [5, 5.41) is 11.0. The molecule has 0 fully saturated rings. The Hall–Kier alpha value is -1.88. The van der Waals surface area contributed by atoms with Crippen LogP contribution in [0.1, 0.15) is 37.2 Å². The van der Waals surface area contributed by atoms with Crippen LogP contribution in [0, 0.1) is 6.92 Å². The minimum absolute atomic E-state index is 0.292. The van der Waals surface area contributed by atoms with E-state index in [4.69, 9.17) is 9.15 Å². The summed E-state index contributed by atoms with van der Waals surface area (Å²) in [5.41, 5.74) is 1.20. The maximum atomic E-state index is 5.65. The van der Waals surface area contributed by atoms with Crippen LogP contribution in [-0.2, 0) is 6.61 Å². The summed E-state index contributed by atoms with van der Waals surface area (Å²) in [6, 6.07) is 8.32. The zero-order valence-electron chi connectivity index (χ0n) is 11.5. The highest BCUT2D eigenvalue weighted by Crippen LogP contribution is 2.19. The molecule has 0 amide bonds. The zero-order chi connectivity index (χ0) is 13.7. The second-order valence-corrected chi connectivity index (χ2v) is 4.36. The Morgan fingerprint density at radius 3 is 2.89 bits per heavy atom. The summed E-state index contributed by atoms with van der Waals surface area (Å²) in [7, 11) is 0. The van der Waals surface area contributed by atoms with Gasteiger partial charge in [-0.2, -0.15) is 0 Å². The molecule has 0 spiro atoms. The molecule has 5 nitrogen and oxygen atoms in total. The second kappa shape index (κ2) is 6.33. The molecule has 1 N–H and O–H groups in total. The van der Waals surface area contributed by atoms with Gasteiger partial charge in [-0.25, -0.2) is 0 Å². The largest absolute Gasteiger partial charge is 0.484 e. The minimum atomic E-state index is 0.292. The van der Waals surface area contributed by atoms with Gasteiger partial charge < -0.3 is 14.5 Å². The molecule has 5 heteroatoms. The molecule has 2 aromatic rings. The van der Waals surface area contributed by atoms with Crippen LogP contribution in [0.4, 0.5) is 0 Å². The third-order valence-electron chi connectivity index (χ3n) is 2.80. The van der Waals surface area contributed by atoms with Gasteiger partial charge in [0.25, 0.3) is 5.89 Å². The second-order valence-electron chi connectivity index (χ2n) is 4.36. The monoisotopic (exact) mass is 261 g/mol. The zero-order valence-corrected chi connectivity index (χ0v) is 11.5. The van der Waals surface area contributed by atoms with Gasteiger partial charge in [-0.05, 0) is 31.2 Å². The average molecular weight is 261 g/mol. The molecule has 19 heavy (non-hydrogen) atoms. The molecule has 0 aliphatic rings. The summed E-state index contributed by atoms with van der Waals surface area (Å²) in [6.07, 6.45) is 0. The van der Waals surface area contributed by atoms with E-state index in [1.165, 1.54) is 5.56 Å². The molecule has 1 aromatic heterocycles. The summed E-state index contributed by atoms with van der Waals surface area (Å²) in [6.45, 7) is 7.21. The lowest BCUT2D eigenvalue weighted by Crippen LogP contribution is -2.17. The number of hydrogen-bond donors (Lipinski definition) is 1. The van der Waals surface area contributed by atoms with E-state index in [1.54, 1.807) is 6.92 Å². The Bertz CT molecular complexity index is 525. The molecule has 0 saturated heterocycles. The van der Waals surface area contributed by atoms with Crippen LogP contribution < -0.4 is 10.1 Å². The van der Waals surface area contributed by atoms with Crippen molar-refractivity contribution in [1.29, 1.82) is 0 Å². The Kier molecular flexibility index (Phi) is 4.52. The lowest BCUT2D eigenvalue weighted by atomic mass is 10.1. The summed E-state index contributed by atoms with van der Waals surface area (Å²) >= 11 is 0. The maximum absolute atomic E-state index is 5.65. The molecular formula is C14H19N3O2. The molecule has 0 aliphatic carbocycles. The molecule has 0 saturated carbocycles. The highest BCUT2D eigenvalue weighted by molar-refractivity contribution is 5.30. The van der Waals surface area contributed by atoms with Crippen LogP contribution in [0.15, 0.2) is 28.7 Å². The van der Waals surface area contributed by atoms with E-state index in [1.807, 2.05) is 18.2 Å².